The van der Waals surface area contributed by atoms with E-state index in [0.717, 1.165) is 41.7 Å². The van der Waals surface area contributed by atoms with Gasteiger partial charge in [0.15, 0.2) is 0 Å². The zero-order chi connectivity index (χ0) is 20.3. The van der Waals surface area contributed by atoms with Crippen LogP contribution in [0.1, 0.15) is 40.7 Å². The number of nitrogens with two attached hydrogens (primary N) is 1. The third kappa shape index (κ3) is 2.79. The molecule has 2 amide bonds. The Kier molecular flexibility index (Phi) is 4.24. The normalized spacial score (nSPS) is 26.6. The maximum Gasteiger partial charge on any atom is 0.307 e. The van der Waals surface area contributed by atoms with E-state index in [1.165, 1.54) is 16.9 Å². The minimum Gasteiger partial charge on any atom is -0.481 e. The summed E-state index contributed by atoms with van der Waals surface area (Å²) in [5.41, 5.74) is 9.25. The van der Waals surface area contributed by atoms with Gasteiger partial charge in [-0.15, -0.1) is 11.3 Å². The van der Waals surface area contributed by atoms with Gasteiger partial charge >= 0.3 is 5.97 Å². The van der Waals surface area contributed by atoms with Crippen molar-refractivity contribution < 1.29 is 19.5 Å². The summed E-state index contributed by atoms with van der Waals surface area (Å²) in [5, 5.41) is 13.0. The zero-order valence-corrected chi connectivity index (χ0v) is 16.6. The summed E-state index contributed by atoms with van der Waals surface area (Å²) >= 11 is 1.37. The van der Waals surface area contributed by atoms with E-state index in [4.69, 9.17) is 5.73 Å². The van der Waals surface area contributed by atoms with Gasteiger partial charge in [-0.05, 0) is 60.6 Å². The molecule has 6 nitrogen and oxygen atoms in total. The molecule has 3 aliphatic carbocycles. The van der Waals surface area contributed by atoms with Gasteiger partial charge in [0.1, 0.15) is 5.00 Å². The Balaban J connectivity index is 1.51. The van der Waals surface area contributed by atoms with Crippen molar-refractivity contribution in [2.45, 2.75) is 32.1 Å². The summed E-state index contributed by atoms with van der Waals surface area (Å²) in [6.45, 7) is 0. The van der Waals surface area contributed by atoms with E-state index in [-0.39, 0.29) is 17.7 Å². The highest BCUT2D eigenvalue weighted by atomic mass is 32.1. The number of anilines is 1. The second-order valence-corrected chi connectivity index (χ2v) is 9.37. The Morgan fingerprint density at radius 3 is 2.52 bits per heavy atom. The lowest BCUT2D eigenvalue weighted by molar-refractivity contribution is -0.148. The molecule has 3 aliphatic rings. The molecule has 5 rings (SSSR count). The maximum atomic E-state index is 13.1. The smallest absolute Gasteiger partial charge is 0.307 e. The highest BCUT2D eigenvalue weighted by Crippen LogP contribution is 2.53. The lowest BCUT2D eigenvalue weighted by atomic mass is 9.78. The number of carbonyl (C=O) groups is 3. The standard InChI is InChI=1S/C22H22N2O4S/c23-19(25)17-14-8-7-10-3-1-2-4-13(10)18(14)29-21(17)24-20(26)15-11-5-6-12(9-11)16(15)22(27)28/h1-4,11-12,15-16H,5-9H2,(H2,23,25)(H,24,26)(H,27,28)/t11-,12+,15+,16+/m1/s1. The first-order chi connectivity index (χ1) is 14.0. The molecule has 1 aromatic heterocycles. The summed E-state index contributed by atoms with van der Waals surface area (Å²) in [6.07, 6.45) is 4.08. The van der Waals surface area contributed by atoms with Gasteiger partial charge in [-0.25, -0.2) is 0 Å². The van der Waals surface area contributed by atoms with Crippen LogP contribution >= 0.6 is 11.3 Å². The van der Waals surface area contributed by atoms with Crippen LogP contribution in [0.4, 0.5) is 5.00 Å². The molecule has 0 spiro atoms. The van der Waals surface area contributed by atoms with Crippen molar-refractivity contribution in [2.75, 3.05) is 5.32 Å². The number of fused-ring (bicyclic) bond motifs is 5. The number of aryl methyl sites for hydroxylation is 1. The monoisotopic (exact) mass is 410 g/mol. The first-order valence-corrected chi connectivity index (χ1v) is 10.8. The van der Waals surface area contributed by atoms with Gasteiger partial charge in [-0.2, -0.15) is 0 Å². The van der Waals surface area contributed by atoms with Crippen LogP contribution in [0, 0.1) is 23.7 Å². The Morgan fingerprint density at radius 1 is 1.07 bits per heavy atom. The van der Waals surface area contributed by atoms with Crippen molar-refractivity contribution in [3.05, 3.63) is 41.0 Å². The molecule has 7 heteroatoms. The molecular formula is C22H22N2O4S. The average molecular weight is 410 g/mol. The lowest BCUT2D eigenvalue weighted by Gasteiger charge is -2.26. The van der Waals surface area contributed by atoms with Crippen LogP contribution < -0.4 is 11.1 Å². The number of hydrogen-bond donors (Lipinski definition) is 3. The van der Waals surface area contributed by atoms with Crippen LogP contribution in [0.2, 0.25) is 0 Å². The van der Waals surface area contributed by atoms with Crippen molar-refractivity contribution in [3.63, 3.8) is 0 Å². The molecule has 0 aliphatic heterocycles. The minimum absolute atomic E-state index is 0.0762. The van der Waals surface area contributed by atoms with Gasteiger partial charge in [0.05, 0.1) is 17.4 Å². The predicted molar refractivity (Wildman–Crippen MR) is 110 cm³/mol. The lowest BCUT2D eigenvalue weighted by Crippen LogP contribution is -2.38. The number of carboxylic acid groups (broad SMARTS) is 1. The number of aliphatic carboxylic acids is 1. The molecule has 1 aromatic carbocycles. The fraction of sp³-hybridized carbons (Fsp3) is 0.409. The predicted octanol–water partition coefficient (Wildman–Crippen LogP) is 3.30. The molecule has 2 aromatic rings. The molecular weight excluding hydrogens is 388 g/mol. The summed E-state index contributed by atoms with van der Waals surface area (Å²) in [7, 11) is 0. The second kappa shape index (κ2) is 6.69. The third-order valence-electron chi connectivity index (χ3n) is 6.90. The van der Waals surface area contributed by atoms with Crippen LogP contribution in [0.25, 0.3) is 10.4 Å². The van der Waals surface area contributed by atoms with Crippen LogP contribution in [0.5, 0.6) is 0 Å². The molecule has 0 unspecified atom stereocenters. The van der Waals surface area contributed by atoms with Gasteiger partial charge in [-0.3, -0.25) is 14.4 Å². The number of carboxylic acids is 1. The molecule has 29 heavy (non-hydrogen) atoms. The van der Waals surface area contributed by atoms with Crippen LogP contribution in [0.15, 0.2) is 24.3 Å². The number of amides is 2. The Labute approximate surface area is 172 Å². The highest BCUT2D eigenvalue weighted by molar-refractivity contribution is 7.20. The molecule has 0 saturated heterocycles. The van der Waals surface area contributed by atoms with E-state index < -0.39 is 23.7 Å². The third-order valence-corrected chi connectivity index (χ3v) is 8.08. The molecule has 2 fully saturated rings. The fourth-order valence-corrected chi connectivity index (χ4v) is 7.03. The first-order valence-electron chi connectivity index (χ1n) is 10.0. The Bertz CT molecular complexity index is 1040. The highest BCUT2D eigenvalue weighted by Gasteiger charge is 2.54. The number of nitrogens with one attached hydrogen (secondary N) is 1. The number of thiophene rings is 1. The summed E-state index contributed by atoms with van der Waals surface area (Å²) in [4.78, 5) is 38.1. The topological polar surface area (TPSA) is 109 Å². The van der Waals surface area contributed by atoms with Crippen molar-refractivity contribution in [1.29, 1.82) is 0 Å². The van der Waals surface area contributed by atoms with Crippen molar-refractivity contribution >= 4 is 34.1 Å². The van der Waals surface area contributed by atoms with E-state index in [0.29, 0.717) is 17.0 Å². The fourth-order valence-electron chi connectivity index (χ4n) is 5.71. The van der Waals surface area contributed by atoms with E-state index in [1.807, 2.05) is 18.2 Å². The van der Waals surface area contributed by atoms with Crippen LogP contribution in [-0.2, 0) is 22.4 Å². The van der Waals surface area contributed by atoms with E-state index >= 15 is 0 Å². The van der Waals surface area contributed by atoms with Crippen molar-refractivity contribution in [3.8, 4) is 10.4 Å². The Hall–Kier alpha value is -2.67. The quantitative estimate of drug-likeness (QED) is 0.718. The van der Waals surface area contributed by atoms with E-state index in [2.05, 4.69) is 11.4 Å². The summed E-state index contributed by atoms with van der Waals surface area (Å²) in [5.74, 6) is -2.74. The molecule has 2 bridgehead atoms. The summed E-state index contributed by atoms with van der Waals surface area (Å²) < 4.78 is 0. The second-order valence-electron chi connectivity index (χ2n) is 8.35. The zero-order valence-electron chi connectivity index (χ0n) is 15.8. The maximum absolute atomic E-state index is 13.1. The van der Waals surface area contributed by atoms with E-state index in [9.17, 15) is 19.5 Å². The molecule has 2 saturated carbocycles. The van der Waals surface area contributed by atoms with Crippen molar-refractivity contribution in [2.24, 2.45) is 29.4 Å². The van der Waals surface area contributed by atoms with Crippen LogP contribution in [-0.4, -0.2) is 22.9 Å². The number of benzene rings is 1. The van der Waals surface area contributed by atoms with Gasteiger partial charge in [-0.1, -0.05) is 24.3 Å². The Morgan fingerprint density at radius 2 is 1.79 bits per heavy atom. The molecule has 4 atom stereocenters. The molecule has 0 radical (unpaired) electrons. The minimum atomic E-state index is -0.896. The first kappa shape index (κ1) is 18.4. The number of hydrogen-bond acceptors (Lipinski definition) is 4. The largest absolute Gasteiger partial charge is 0.481 e. The van der Waals surface area contributed by atoms with Gasteiger partial charge in [0.2, 0.25) is 5.91 Å². The number of carbonyl (C=O) groups excluding carboxylic acids is 2. The average Bonchev–Trinajstić information content (AvgIpc) is 3.39. The van der Waals surface area contributed by atoms with Gasteiger partial charge in [0.25, 0.3) is 5.91 Å². The molecule has 4 N–H and O–H groups in total. The molecule has 1 heterocycles. The number of rotatable bonds is 4. The van der Waals surface area contributed by atoms with E-state index in [1.54, 1.807) is 0 Å². The number of primary amides is 1. The van der Waals surface area contributed by atoms with Crippen LogP contribution in [0.3, 0.4) is 0 Å². The SMILES string of the molecule is NC(=O)c1c(NC(=O)[C@H]2[C@@H]3CC[C@@H](C3)[C@@H]2C(=O)O)sc2c1CCc1ccccc1-2. The van der Waals surface area contributed by atoms with Gasteiger partial charge < -0.3 is 16.2 Å². The van der Waals surface area contributed by atoms with Crippen molar-refractivity contribution in [1.82, 2.24) is 0 Å². The van der Waals surface area contributed by atoms with Gasteiger partial charge in [0, 0.05) is 4.88 Å². The molecule has 150 valence electrons. The summed E-state index contributed by atoms with van der Waals surface area (Å²) in [6, 6.07) is 8.06.